The molecule has 9 nitrogen and oxygen atoms in total. The summed E-state index contributed by atoms with van der Waals surface area (Å²) in [6, 6.07) is 1.75. The van der Waals surface area contributed by atoms with Crippen LogP contribution in [0.15, 0.2) is 21.4 Å². The number of hydrogen-bond donors (Lipinski definition) is 1. The fraction of sp³-hybridized carbons (Fsp3) is 0.350. The van der Waals surface area contributed by atoms with Gasteiger partial charge in [-0.25, -0.2) is 14.6 Å². The number of nitrogens with zero attached hydrogens (tertiary/aromatic N) is 2. The van der Waals surface area contributed by atoms with Gasteiger partial charge in [0.05, 0.1) is 30.0 Å². The number of rotatable bonds is 8. The predicted molar refractivity (Wildman–Crippen MR) is 125 cm³/mol. The van der Waals surface area contributed by atoms with Gasteiger partial charge in [0.15, 0.2) is 5.16 Å². The number of aromatic nitrogens is 2. The fourth-order valence-corrected chi connectivity index (χ4v) is 5.51. The van der Waals surface area contributed by atoms with E-state index in [-0.39, 0.29) is 40.0 Å². The maximum absolute atomic E-state index is 12.6. The molecule has 0 saturated carbocycles. The van der Waals surface area contributed by atoms with E-state index in [4.69, 9.17) is 9.47 Å². The average Bonchev–Trinajstić information content (AvgIpc) is 3.34. The maximum atomic E-state index is 12.6. The molecule has 3 aromatic heterocycles. The second-order valence-electron chi connectivity index (χ2n) is 6.43. The lowest BCUT2D eigenvalue weighted by molar-refractivity contribution is -0.113. The normalized spacial score (nSPS) is 10.9. The van der Waals surface area contributed by atoms with Crippen molar-refractivity contribution in [3.8, 4) is 0 Å². The van der Waals surface area contributed by atoms with Crippen LogP contribution in [0.25, 0.3) is 10.2 Å². The number of carbonyl (C=O) groups is 3. The van der Waals surface area contributed by atoms with E-state index in [2.05, 4.69) is 10.3 Å². The van der Waals surface area contributed by atoms with Gasteiger partial charge in [0, 0.05) is 7.05 Å². The van der Waals surface area contributed by atoms with Gasteiger partial charge in [-0.3, -0.25) is 14.2 Å². The number of carbonyl (C=O) groups excluding carboxylic acids is 3. The zero-order valence-electron chi connectivity index (χ0n) is 17.8. The van der Waals surface area contributed by atoms with E-state index in [0.717, 1.165) is 23.1 Å². The van der Waals surface area contributed by atoms with Crippen LogP contribution in [-0.2, 0) is 21.3 Å². The van der Waals surface area contributed by atoms with E-state index < -0.39 is 17.8 Å². The Morgan fingerprint density at radius 2 is 1.88 bits per heavy atom. The molecule has 0 aromatic carbocycles. The van der Waals surface area contributed by atoms with E-state index in [1.807, 2.05) is 0 Å². The summed E-state index contributed by atoms with van der Waals surface area (Å²) in [6.07, 6.45) is 0. The molecule has 0 fully saturated rings. The molecular weight excluding hydrogens is 474 g/mol. The lowest BCUT2D eigenvalue weighted by Crippen LogP contribution is -2.21. The topological polar surface area (TPSA) is 117 Å². The minimum absolute atomic E-state index is 0.0517. The summed E-state index contributed by atoms with van der Waals surface area (Å²) >= 11 is 3.37. The number of thiophene rings is 2. The molecule has 12 heteroatoms. The SMILES string of the molecule is CCOC(=O)c1sc(NC(=O)CSc2nc3ccsc3c(=O)n2C)c(C(=O)OCC)c1C. The van der Waals surface area contributed by atoms with Crippen LogP contribution in [0, 0.1) is 6.92 Å². The Hall–Kier alpha value is -2.70. The van der Waals surface area contributed by atoms with Gasteiger partial charge in [-0.2, -0.15) is 0 Å². The Bertz CT molecular complexity index is 1240. The molecule has 0 spiro atoms. The van der Waals surface area contributed by atoms with Crippen LogP contribution >= 0.6 is 34.4 Å². The van der Waals surface area contributed by atoms with Crippen molar-refractivity contribution in [2.45, 2.75) is 25.9 Å². The van der Waals surface area contributed by atoms with Crippen molar-refractivity contribution in [2.24, 2.45) is 7.05 Å². The van der Waals surface area contributed by atoms with Gasteiger partial charge >= 0.3 is 11.9 Å². The van der Waals surface area contributed by atoms with Crippen LogP contribution in [0.2, 0.25) is 0 Å². The van der Waals surface area contributed by atoms with Crippen LogP contribution in [0.5, 0.6) is 0 Å². The van der Waals surface area contributed by atoms with Gasteiger partial charge in [-0.1, -0.05) is 11.8 Å². The minimum atomic E-state index is -0.633. The summed E-state index contributed by atoms with van der Waals surface area (Å²) in [5, 5.41) is 5.08. The summed E-state index contributed by atoms with van der Waals surface area (Å²) in [7, 11) is 1.60. The second kappa shape index (κ2) is 10.3. The molecule has 0 radical (unpaired) electrons. The highest BCUT2D eigenvalue weighted by atomic mass is 32.2. The number of esters is 2. The average molecular weight is 496 g/mol. The molecule has 0 unspecified atom stereocenters. The van der Waals surface area contributed by atoms with Crippen LogP contribution < -0.4 is 10.9 Å². The molecule has 0 aliphatic rings. The highest BCUT2D eigenvalue weighted by molar-refractivity contribution is 7.99. The monoisotopic (exact) mass is 495 g/mol. The molecule has 0 atom stereocenters. The molecule has 0 aliphatic heterocycles. The molecule has 0 bridgehead atoms. The van der Waals surface area contributed by atoms with Crippen LogP contribution in [0.3, 0.4) is 0 Å². The fourth-order valence-electron chi connectivity index (χ4n) is 2.83. The highest BCUT2D eigenvalue weighted by Crippen LogP contribution is 2.34. The van der Waals surface area contributed by atoms with Crippen molar-refractivity contribution in [3.63, 3.8) is 0 Å². The Labute approximate surface area is 195 Å². The first kappa shape index (κ1) is 24.0. The largest absolute Gasteiger partial charge is 0.462 e. The number of amides is 1. The molecule has 170 valence electrons. The van der Waals surface area contributed by atoms with E-state index in [1.54, 1.807) is 39.3 Å². The summed E-state index contributed by atoms with van der Waals surface area (Å²) in [6.45, 7) is 5.29. The van der Waals surface area contributed by atoms with Gasteiger partial charge in [-0.05, 0) is 37.8 Å². The van der Waals surface area contributed by atoms with Crippen molar-refractivity contribution < 1.29 is 23.9 Å². The first-order chi connectivity index (χ1) is 15.3. The zero-order valence-corrected chi connectivity index (χ0v) is 20.3. The van der Waals surface area contributed by atoms with Crippen LogP contribution in [0.1, 0.15) is 39.4 Å². The van der Waals surface area contributed by atoms with Gasteiger partial charge in [0.1, 0.15) is 14.6 Å². The number of thioether (sulfide) groups is 1. The Morgan fingerprint density at radius 1 is 1.19 bits per heavy atom. The standard InChI is InChI=1S/C20H21N3O6S3/c1-5-28-18(26)13-10(3)14(19(27)29-6-2)32-16(13)22-12(24)9-31-20-21-11-7-8-30-15(11)17(25)23(20)4/h7-8H,5-6,9H2,1-4H3,(H,22,24). The number of hydrogen-bond acceptors (Lipinski definition) is 10. The van der Waals surface area contributed by atoms with Crippen molar-refractivity contribution in [1.29, 1.82) is 0 Å². The van der Waals surface area contributed by atoms with Gasteiger partial charge < -0.3 is 14.8 Å². The first-order valence-electron chi connectivity index (χ1n) is 9.62. The lowest BCUT2D eigenvalue weighted by atomic mass is 10.1. The van der Waals surface area contributed by atoms with E-state index in [1.165, 1.54) is 15.9 Å². The van der Waals surface area contributed by atoms with Crippen LogP contribution in [0.4, 0.5) is 5.00 Å². The highest BCUT2D eigenvalue weighted by Gasteiger charge is 2.27. The predicted octanol–water partition coefficient (Wildman–Crippen LogP) is 3.45. The lowest BCUT2D eigenvalue weighted by Gasteiger charge is -2.08. The number of fused-ring (bicyclic) bond motifs is 1. The molecule has 0 aliphatic carbocycles. The Balaban J connectivity index is 1.81. The Kier molecular flexibility index (Phi) is 7.69. The molecule has 3 aromatic rings. The molecule has 0 saturated heterocycles. The minimum Gasteiger partial charge on any atom is -0.462 e. The summed E-state index contributed by atoms with van der Waals surface area (Å²) in [5.74, 6) is -1.67. The summed E-state index contributed by atoms with van der Waals surface area (Å²) in [4.78, 5) is 54.4. The van der Waals surface area contributed by atoms with Crippen LogP contribution in [-0.4, -0.2) is 46.4 Å². The number of ether oxygens (including phenoxy) is 2. The number of anilines is 1. The van der Waals surface area contributed by atoms with E-state index in [9.17, 15) is 19.2 Å². The third-order valence-electron chi connectivity index (χ3n) is 4.32. The van der Waals surface area contributed by atoms with Crippen molar-refractivity contribution >= 4 is 67.5 Å². The Morgan fingerprint density at radius 3 is 2.56 bits per heavy atom. The summed E-state index contributed by atoms with van der Waals surface area (Å²) in [5.41, 5.74) is 0.925. The molecule has 3 heterocycles. The second-order valence-corrected chi connectivity index (χ2v) is 9.31. The third-order valence-corrected chi connectivity index (χ3v) is 7.43. The summed E-state index contributed by atoms with van der Waals surface area (Å²) < 4.78 is 12.1. The smallest absolute Gasteiger partial charge is 0.348 e. The van der Waals surface area contributed by atoms with Crippen molar-refractivity contribution in [2.75, 3.05) is 24.3 Å². The zero-order chi connectivity index (χ0) is 23.4. The molecule has 1 N–H and O–H groups in total. The van der Waals surface area contributed by atoms with Crippen molar-refractivity contribution in [3.05, 3.63) is 37.8 Å². The third kappa shape index (κ3) is 4.87. The molecular formula is C20H21N3O6S3. The molecule has 3 rings (SSSR count). The number of nitrogens with one attached hydrogen (secondary N) is 1. The first-order valence-corrected chi connectivity index (χ1v) is 12.3. The molecule has 1 amide bonds. The van der Waals surface area contributed by atoms with Crippen molar-refractivity contribution in [1.82, 2.24) is 9.55 Å². The van der Waals surface area contributed by atoms with E-state index in [0.29, 0.717) is 20.9 Å². The van der Waals surface area contributed by atoms with Gasteiger partial charge in [-0.15, -0.1) is 22.7 Å². The maximum Gasteiger partial charge on any atom is 0.348 e. The van der Waals surface area contributed by atoms with Gasteiger partial charge in [0.2, 0.25) is 5.91 Å². The quantitative estimate of drug-likeness (QED) is 0.287. The van der Waals surface area contributed by atoms with Gasteiger partial charge in [0.25, 0.3) is 5.56 Å². The molecule has 32 heavy (non-hydrogen) atoms. The van der Waals surface area contributed by atoms with E-state index >= 15 is 0 Å².